The van der Waals surface area contributed by atoms with Crippen molar-refractivity contribution < 1.29 is 5.21 Å². The number of nitrogens with two attached hydrogens (primary N) is 1. The third-order valence-electron chi connectivity index (χ3n) is 3.52. The van der Waals surface area contributed by atoms with E-state index < -0.39 is 0 Å². The molecule has 0 aliphatic carbocycles. The molecule has 0 amide bonds. The number of benzene rings is 1. The van der Waals surface area contributed by atoms with Crippen molar-refractivity contribution in [2.45, 2.75) is 40.0 Å². The van der Waals surface area contributed by atoms with E-state index in [-0.39, 0.29) is 5.41 Å². The molecule has 21 heavy (non-hydrogen) atoms. The van der Waals surface area contributed by atoms with Crippen LogP contribution in [0.1, 0.15) is 38.7 Å². The monoisotopic (exact) mass is 419 g/mol. The molecule has 0 fully saturated rings. The first kappa shape index (κ1) is 18.3. The number of hydrogen-bond donors (Lipinski definition) is 3. The van der Waals surface area contributed by atoms with Crippen molar-refractivity contribution in [1.29, 1.82) is 0 Å². The van der Waals surface area contributed by atoms with Crippen LogP contribution in [0.5, 0.6) is 0 Å². The number of aryl methyl sites for hydroxylation is 1. The smallest absolute Gasteiger partial charge is 0.144 e. The molecule has 0 heterocycles. The Balaban J connectivity index is 2.42. The van der Waals surface area contributed by atoms with Crippen LogP contribution in [-0.2, 0) is 0 Å². The Bertz CT molecular complexity index is 493. The second-order valence-corrected chi connectivity index (χ2v) is 7.57. The molecule has 1 aromatic rings. The lowest BCUT2D eigenvalue weighted by Crippen LogP contribution is -2.31. The molecule has 0 atom stereocenters. The quantitative estimate of drug-likeness (QED) is 0.193. The van der Waals surface area contributed by atoms with E-state index in [0.29, 0.717) is 5.84 Å². The standard InChI is InChI=1S/C15H23Br2N3O/c1-10-8-11(16)13(12(17)9-10)19-7-5-4-6-15(2,3)14(18)20-21/h8-9,19,21H,4-7H2,1-3H3,(H2,18,20). The summed E-state index contributed by atoms with van der Waals surface area (Å²) in [5, 5.41) is 15.3. The third-order valence-corrected chi connectivity index (χ3v) is 4.77. The van der Waals surface area contributed by atoms with E-state index in [1.807, 2.05) is 13.8 Å². The van der Waals surface area contributed by atoms with E-state index in [1.165, 1.54) is 5.56 Å². The van der Waals surface area contributed by atoms with Gasteiger partial charge in [0.1, 0.15) is 5.84 Å². The molecule has 6 heteroatoms. The van der Waals surface area contributed by atoms with Crippen LogP contribution >= 0.6 is 31.9 Å². The Hall–Kier alpha value is -0.750. The molecule has 0 saturated carbocycles. The van der Waals surface area contributed by atoms with Crippen LogP contribution in [0.4, 0.5) is 5.69 Å². The number of rotatable bonds is 7. The minimum absolute atomic E-state index is 0.264. The number of hydrogen-bond acceptors (Lipinski definition) is 3. The van der Waals surface area contributed by atoms with Crippen molar-refractivity contribution in [3.05, 3.63) is 26.6 Å². The minimum atomic E-state index is -0.264. The fourth-order valence-corrected chi connectivity index (χ4v) is 3.73. The van der Waals surface area contributed by atoms with Crippen LogP contribution in [0, 0.1) is 12.3 Å². The first-order chi connectivity index (χ1) is 9.77. The highest BCUT2D eigenvalue weighted by Gasteiger charge is 2.22. The minimum Gasteiger partial charge on any atom is -0.409 e. The van der Waals surface area contributed by atoms with Crippen LogP contribution in [0.2, 0.25) is 0 Å². The Morgan fingerprint density at radius 1 is 1.29 bits per heavy atom. The number of anilines is 1. The largest absolute Gasteiger partial charge is 0.409 e. The van der Waals surface area contributed by atoms with Crippen molar-refractivity contribution in [3.8, 4) is 0 Å². The maximum absolute atomic E-state index is 8.75. The summed E-state index contributed by atoms with van der Waals surface area (Å²) >= 11 is 7.15. The van der Waals surface area contributed by atoms with E-state index in [4.69, 9.17) is 10.9 Å². The predicted molar refractivity (Wildman–Crippen MR) is 96.1 cm³/mol. The van der Waals surface area contributed by atoms with E-state index in [9.17, 15) is 0 Å². The highest BCUT2D eigenvalue weighted by atomic mass is 79.9. The summed E-state index contributed by atoms with van der Waals surface area (Å²) in [5.74, 6) is 0.291. The number of nitrogens with zero attached hydrogens (tertiary/aromatic N) is 1. The summed E-state index contributed by atoms with van der Waals surface area (Å²) in [7, 11) is 0. The fraction of sp³-hybridized carbons (Fsp3) is 0.533. The highest BCUT2D eigenvalue weighted by Crippen LogP contribution is 2.32. The Labute approximate surface area is 143 Å². The number of halogens is 2. The van der Waals surface area contributed by atoms with Gasteiger partial charge in [-0.25, -0.2) is 0 Å². The van der Waals surface area contributed by atoms with Gasteiger partial charge in [-0.3, -0.25) is 0 Å². The zero-order chi connectivity index (χ0) is 16.0. The molecule has 0 aliphatic heterocycles. The van der Waals surface area contributed by atoms with Crippen LogP contribution in [0.15, 0.2) is 26.2 Å². The topological polar surface area (TPSA) is 70.6 Å². The lowest BCUT2D eigenvalue weighted by molar-refractivity contribution is 0.304. The van der Waals surface area contributed by atoms with Crippen molar-refractivity contribution in [1.82, 2.24) is 0 Å². The van der Waals surface area contributed by atoms with Crippen molar-refractivity contribution >= 4 is 43.4 Å². The molecular weight excluding hydrogens is 398 g/mol. The Morgan fingerprint density at radius 2 is 1.86 bits per heavy atom. The summed E-state index contributed by atoms with van der Waals surface area (Å²) in [6.45, 7) is 6.92. The van der Waals surface area contributed by atoms with Gasteiger partial charge in [-0.15, -0.1) is 0 Å². The summed E-state index contributed by atoms with van der Waals surface area (Å²) in [4.78, 5) is 0. The first-order valence-corrected chi connectivity index (χ1v) is 8.54. The van der Waals surface area contributed by atoms with Gasteiger partial charge in [0.15, 0.2) is 0 Å². The van der Waals surface area contributed by atoms with Crippen LogP contribution < -0.4 is 11.1 Å². The van der Waals surface area contributed by atoms with Gasteiger partial charge in [0, 0.05) is 20.9 Å². The summed E-state index contributed by atoms with van der Waals surface area (Å²) in [5.41, 5.74) is 7.71. The van der Waals surface area contributed by atoms with E-state index in [2.05, 4.69) is 61.4 Å². The second-order valence-electron chi connectivity index (χ2n) is 5.86. The predicted octanol–water partition coefficient (Wildman–Crippen LogP) is 4.87. The van der Waals surface area contributed by atoms with Gasteiger partial charge < -0.3 is 16.3 Å². The van der Waals surface area contributed by atoms with Crippen molar-refractivity contribution in [3.63, 3.8) is 0 Å². The lowest BCUT2D eigenvalue weighted by Gasteiger charge is -2.22. The summed E-state index contributed by atoms with van der Waals surface area (Å²) < 4.78 is 2.12. The van der Waals surface area contributed by atoms with Crippen LogP contribution in [0.3, 0.4) is 0 Å². The van der Waals surface area contributed by atoms with Crippen LogP contribution in [0.25, 0.3) is 0 Å². The molecule has 0 saturated heterocycles. The van der Waals surface area contributed by atoms with Crippen molar-refractivity contribution in [2.75, 3.05) is 11.9 Å². The zero-order valence-electron chi connectivity index (χ0n) is 12.7. The number of nitrogens with one attached hydrogen (secondary N) is 1. The average Bonchev–Trinajstić information content (AvgIpc) is 2.39. The first-order valence-electron chi connectivity index (χ1n) is 6.95. The van der Waals surface area contributed by atoms with E-state index in [1.54, 1.807) is 0 Å². The molecule has 1 rings (SSSR count). The summed E-state index contributed by atoms with van der Waals surface area (Å²) in [6.07, 6.45) is 2.92. The van der Waals surface area contributed by atoms with Gasteiger partial charge in [0.25, 0.3) is 0 Å². The number of oxime groups is 1. The molecule has 1 aromatic carbocycles. The average molecular weight is 421 g/mol. The molecule has 0 unspecified atom stereocenters. The van der Waals surface area contributed by atoms with Crippen molar-refractivity contribution in [2.24, 2.45) is 16.3 Å². The number of amidine groups is 1. The number of unbranched alkanes of at least 4 members (excludes halogenated alkanes) is 1. The van der Waals surface area contributed by atoms with Crippen LogP contribution in [-0.4, -0.2) is 17.6 Å². The molecule has 0 aliphatic rings. The van der Waals surface area contributed by atoms with Gasteiger partial charge in [0.05, 0.1) is 5.69 Å². The van der Waals surface area contributed by atoms with Gasteiger partial charge in [-0.05, 0) is 69.3 Å². The van der Waals surface area contributed by atoms with E-state index >= 15 is 0 Å². The maximum atomic E-state index is 8.75. The van der Waals surface area contributed by atoms with E-state index in [0.717, 1.165) is 40.4 Å². The molecule has 0 aromatic heterocycles. The molecule has 0 bridgehead atoms. The molecule has 4 N–H and O–H groups in total. The molecule has 4 nitrogen and oxygen atoms in total. The molecular formula is C15H23Br2N3O. The third kappa shape index (κ3) is 5.51. The SMILES string of the molecule is Cc1cc(Br)c(NCCCCC(C)(C)/C(N)=N/O)c(Br)c1. The van der Waals surface area contributed by atoms with Gasteiger partial charge in [0.2, 0.25) is 0 Å². The fourth-order valence-electron chi connectivity index (χ4n) is 2.04. The zero-order valence-corrected chi connectivity index (χ0v) is 15.9. The second kappa shape index (κ2) is 8.03. The van der Waals surface area contributed by atoms with Gasteiger partial charge in [-0.1, -0.05) is 25.4 Å². The normalized spacial score (nSPS) is 12.5. The molecule has 118 valence electrons. The van der Waals surface area contributed by atoms with Gasteiger partial charge in [-0.2, -0.15) is 0 Å². The summed E-state index contributed by atoms with van der Waals surface area (Å²) in [6, 6.07) is 4.18. The molecule has 0 radical (unpaired) electrons. The van der Waals surface area contributed by atoms with Gasteiger partial charge >= 0.3 is 0 Å². The molecule has 0 spiro atoms. The Kier molecular flexibility index (Phi) is 7.00. The highest BCUT2D eigenvalue weighted by molar-refractivity contribution is 9.11. The lowest BCUT2D eigenvalue weighted by atomic mass is 9.86. The Morgan fingerprint density at radius 3 is 2.38 bits per heavy atom. The maximum Gasteiger partial charge on any atom is 0.144 e.